The molecule has 1 aromatic rings. The van der Waals surface area contributed by atoms with Gasteiger partial charge in [0.2, 0.25) is 5.91 Å². The van der Waals surface area contributed by atoms with E-state index in [1.807, 2.05) is 6.07 Å². The molecule has 0 spiro atoms. The zero-order valence-electron chi connectivity index (χ0n) is 21.5. The number of carbonyl (C=O) groups is 2. The van der Waals surface area contributed by atoms with E-state index in [-0.39, 0.29) is 11.8 Å². The van der Waals surface area contributed by atoms with Gasteiger partial charge in [0.1, 0.15) is 13.0 Å². The van der Waals surface area contributed by atoms with E-state index < -0.39 is 6.04 Å². The lowest BCUT2D eigenvalue weighted by atomic mass is 10.0. The lowest BCUT2D eigenvalue weighted by molar-refractivity contribution is -0.126. The second-order valence-corrected chi connectivity index (χ2v) is 12.0. The fourth-order valence-corrected chi connectivity index (χ4v) is 6.73. The van der Waals surface area contributed by atoms with E-state index >= 15 is 0 Å². The van der Waals surface area contributed by atoms with Crippen LogP contribution in [0.1, 0.15) is 54.4 Å². The van der Waals surface area contributed by atoms with Crippen molar-refractivity contribution in [1.82, 2.24) is 15.1 Å². The molecule has 3 saturated heterocycles. The third-order valence-corrected chi connectivity index (χ3v) is 9.04. The summed E-state index contributed by atoms with van der Waals surface area (Å²) < 4.78 is 6.52. The molecule has 4 heterocycles. The third-order valence-electron chi connectivity index (χ3n) is 8.12. The summed E-state index contributed by atoms with van der Waals surface area (Å²) in [5.41, 5.74) is 3.66. The summed E-state index contributed by atoms with van der Waals surface area (Å²) in [4.78, 5) is 32.2. The van der Waals surface area contributed by atoms with Crippen LogP contribution in [0.5, 0.6) is 0 Å². The topological polar surface area (TPSA) is 65.1 Å². The van der Waals surface area contributed by atoms with Crippen LogP contribution in [0.25, 0.3) is 0 Å². The van der Waals surface area contributed by atoms with Crippen molar-refractivity contribution in [3.8, 4) is 0 Å². The minimum atomic E-state index is -0.408. The first-order chi connectivity index (χ1) is 17.5. The van der Waals surface area contributed by atoms with E-state index in [1.54, 1.807) is 4.90 Å². The zero-order valence-corrected chi connectivity index (χ0v) is 22.5. The second-order valence-electron chi connectivity index (χ2n) is 10.5. The van der Waals surface area contributed by atoms with Crippen molar-refractivity contribution < 1.29 is 14.3 Å². The molecule has 4 aliphatic heterocycles. The van der Waals surface area contributed by atoms with Crippen molar-refractivity contribution in [2.75, 3.05) is 43.8 Å². The van der Waals surface area contributed by atoms with E-state index in [0.29, 0.717) is 25.2 Å². The number of allylic oxidation sites excluding steroid dienone is 1. The standard InChI is InChI=1S/C27H39BN4O3P/c1-19-3-6-25(26(33)29-19)32-18-20-17-21(4-5-24(20)27(32)34)31-13-9-23(10-14-31)35-22-7-11-30(12-8-22)15-16-36-28-2/h4-5,17,22-23,25,36H,1,3,6-16,18H2,2H3,(H,29,33). The molecule has 193 valence electrons. The maximum Gasteiger partial charge on any atom is 0.255 e. The number of amides is 2. The molecule has 1 aromatic carbocycles. The molecular formula is C27H39BN4O3P. The average molecular weight is 509 g/mol. The van der Waals surface area contributed by atoms with Crippen molar-refractivity contribution in [2.24, 2.45) is 0 Å². The molecular weight excluding hydrogens is 470 g/mol. The molecule has 36 heavy (non-hydrogen) atoms. The Morgan fingerprint density at radius 2 is 1.81 bits per heavy atom. The van der Waals surface area contributed by atoms with E-state index in [9.17, 15) is 9.59 Å². The number of nitrogens with zero attached hydrogens (tertiary/aromatic N) is 3. The summed E-state index contributed by atoms with van der Waals surface area (Å²) in [6.07, 6.45) is 7.80. The molecule has 2 atom stereocenters. The molecule has 2 amide bonds. The van der Waals surface area contributed by atoms with Crippen molar-refractivity contribution in [3.05, 3.63) is 41.6 Å². The number of rotatable bonds is 8. The number of likely N-dealkylation sites (tertiary alicyclic amines) is 1. The summed E-state index contributed by atoms with van der Waals surface area (Å²) in [6.45, 7) is 14.3. The monoisotopic (exact) mass is 509 g/mol. The van der Waals surface area contributed by atoms with Crippen LogP contribution in [0.3, 0.4) is 0 Å². The number of ether oxygens (including phenoxy) is 1. The molecule has 3 fully saturated rings. The van der Waals surface area contributed by atoms with E-state index in [2.05, 4.69) is 47.7 Å². The van der Waals surface area contributed by atoms with Crippen LogP contribution in [0, 0.1) is 0 Å². The van der Waals surface area contributed by atoms with Gasteiger partial charge in [0, 0.05) is 56.2 Å². The van der Waals surface area contributed by atoms with Crippen LogP contribution in [0.2, 0.25) is 6.82 Å². The van der Waals surface area contributed by atoms with Gasteiger partial charge in [0.15, 0.2) is 0 Å². The normalized spacial score (nSPS) is 24.6. The molecule has 0 saturated carbocycles. The van der Waals surface area contributed by atoms with Gasteiger partial charge in [0.05, 0.1) is 12.2 Å². The maximum atomic E-state index is 13.0. The Bertz CT molecular complexity index is 976. The zero-order chi connectivity index (χ0) is 25.1. The Morgan fingerprint density at radius 3 is 2.50 bits per heavy atom. The first kappa shape index (κ1) is 25.8. The highest BCUT2D eigenvalue weighted by Gasteiger charge is 2.38. The minimum absolute atomic E-state index is 0.0357. The summed E-state index contributed by atoms with van der Waals surface area (Å²) in [5, 5.41) is 2.81. The lowest BCUT2D eigenvalue weighted by Gasteiger charge is -2.38. The van der Waals surface area contributed by atoms with Gasteiger partial charge in [-0.3, -0.25) is 9.59 Å². The van der Waals surface area contributed by atoms with Gasteiger partial charge in [-0.15, -0.1) is 0 Å². The molecule has 0 aliphatic carbocycles. The molecule has 0 aromatic heterocycles. The SMILES string of the molecule is C=C1CCC(N2Cc3cc(N4CCC(OC5CCN(CCP[B]C)CC5)CC4)ccc3C2=O)C(=O)N1. The van der Waals surface area contributed by atoms with E-state index in [1.165, 1.54) is 31.5 Å². The van der Waals surface area contributed by atoms with Gasteiger partial charge in [0.25, 0.3) is 5.91 Å². The number of hydrogen-bond acceptors (Lipinski definition) is 5. The van der Waals surface area contributed by atoms with Gasteiger partial charge < -0.3 is 24.8 Å². The van der Waals surface area contributed by atoms with Gasteiger partial charge in [-0.05, 0) is 68.4 Å². The summed E-state index contributed by atoms with van der Waals surface area (Å²) in [5.74, 6) is -0.151. The van der Waals surface area contributed by atoms with E-state index in [4.69, 9.17) is 4.74 Å². The highest BCUT2D eigenvalue weighted by atomic mass is 31.1. The molecule has 7 nitrogen and oxygen atoms in total. The van der Waals surface area contributed by atoms with E-state index in [0.717, 1.165) is 70.5 Å². The van der Waals surface area contributed by atoms with Gasteiger partial charge >= 0.3 is 0 Å². The van der Waals surface area contributed by atoms with Gasteiger partial charge in [-0.1, -0.05) is 13.4 Å². The van der Waals surface area contributed by atoms with Gasteiger partial charge in [-0.2, -0.15) is 8.46 Å². The second kappa shape index (κ2) is 11.7. The number of piperidine rings is 3. The Morgan fingerprint density at radius 1 is 1.08 bits per heavy atom. The van der Waals surface area contributed by atoms with Crippen molar-refractivity contribution >= 4 is 33.0 Å². The predicted molar refractivity (Wildman–Crippen MR) is 147 cm³/mol. The highest BCUT2D eigenvalue weighted by molar-refractivity contribution is 7.70. The molecule has 9 heteroatoms. The Hall–Kier alpha value is -1.89. The smallest absolute Gasteiger partial charge is 0.255 e. The molecule has 4 aliphatic rings. The first-order valence-electron chi connectivity index (χ1n) is 13.6. The predicted octanol–water partition coefficient (Wildman–Crippen LogP) is 3.23. The lowest BCUT2D eigenvalue weighted by Crippen LogP contribution is -2.49. The molecule has 5 rings (SSSR count). The summed E-state index contributed by atoms with van der Waals surface area (Å²) in [6, 6.07) is 5.76. The summed E-state index contributed by atoms with van der Waals surface area (Å²) >= 11 is 0. The van der Waals surface area contributed by atoms with Crippen LogP contribution < -0.4 is 10.2 Å². The minimum Gasteiger partial charge on any atom is -0.375 e. The fraction of sp³-hybridized carbons (Fsp3) is 0.630. The number of anilines is 1. The van der Waals surface area contributed by atoms with Crippen LogP contribution in [-0.4, -0.2) is 85.7 Å². The highest BCUT2D eigenvalue weighted by Crippen LogP contribution is 2.32. The van der Waals surface area contributed by atoms with Gasteiger partial charge in [-0.25, -0.2) is 0 Å². The maximum absolute atomic E-state index is 13.0. The number of hydrogen-bond donors (Lipinski definition) is 1. The van der Waals surface area contributed by atoms with Crippen molar-refractivity contribution in [3.63, 3.8) is 0 Å². The third kappa shape index (κ3) is 5.82. The molecule has 0 bridgehead atoms. The van der Waals surface area contributed by atoms with Crippen LogP contribution in [-0.2, 0) is 16.1 Å². The first-order valence-corrected chi connectivity index (χ1v) is 14.9. The van der Waals surface area contributed by atoms with Crippen LogP contribution in [0.15, 0.2) is 30.5 Å². The number of carbonyl (C=O) groups excluding carboxylic acids is 2. The Labute approximate surface area is 218 Å². The molecule has 2 unspecified atom stereocenters. The number of nitrogens with one attached hydrogen (secondary N) is 1. The van der Waals surface area contributed by atoms with Crippen LogP contribution in [0.4, 0.5) is 5.69 Å². The van der Waals surface area contributed by atoms with Crippen molar-refractivity contribution in [2.45, 2.75) is 70.1 Å². The summed E-state index contributed by atoms with van der Waals surface area (Å²) in [7, 11) is 0.980. The fourth-order valence-electron chi connectivity index (χ4n) is 6.00. The van der Waals surface area contributed by atoms with Crippen molar-refractivity contribution in [1.29, 1.82) is 0 Å². The molecule has 1 N–H and O–H groups in total. The van der Waals surface area contributed by atoms with Crippen LogP contribution >= 0.6 is 8.46 Å². The number of fused-ring (bicyclic) bond motifs is 1. The quantitative estimate of drug-likeness (QED) is 0.331. The Balaban J connectivity index is 1.10. The number of benzene rings is 1. The average Bonchev–Trinajstić information content (AvgIpc) is 3.21. The molecule has 1 radical (unpaired) electrons. The Kier molecular flexibility index (Phi) is 8.34. The largest absolute Gasteiger partial charge is 0.375 e.